The van der Waals surface area contributed by atoms with Crippen molar-refractivity contribution in [2.75, 3.05) is 5.32 Å². The van der Waals surface area contributed by atoms with Gasteiger partial charge in [-0.15, -0.1) is 0 Å². The van der Waals surface area contributed by atoms with Crippen molar-refractivity contribution in [3.05, 3.63) is 58.7 Å². The number of aromatic nitrogens is 2. The summed E-state index contributed by atoms with van der Waals surface area (Å²) in [6, 6.07) is 15.3. The van der Waals surface area contributed by atoms with E-state index in [1.165, 1.54) is 0 Å². The van der Waals surface area contributed by atoms with Gasteiger partial charge in [-0.25, -0.2) is 4.98 Å². The largest absolute Gasteiger partial charge is 0.339 e. The van der Waals surface area contributed by atoms with E-state index in [9.17, 15) is 5.26 Å². The number of hydrogen-bond acceptors (Lipinski definition) is 4. The minimum atomic E-state index is 0.469. The first-order valence-electron chi connectivity index (χ1n) is 5.95. The van der Waals surface area contributed by atoms with Crippen molar-refractivity contribution in [2.24, 2.45) is 0 Å². The van der Waals surface area contributed by atoms with Crippen molar-refractivity contribution in [1.29, 1.82) is 5.26 Å². The van der Waals surface area contributed by atoms with Gasteiger partial charge in [0.05, 0.1) is 16.6 Å². The smallest absolute Gasteiger partial charge is 0.149 e. The Morgan fingerprint density at radius 3 is 2.80 bits per heavy atom. The molecule has 0 spiro atoms. The lowest BCUT2D eigenvalue weighted by molar-refractivity contribution is 1.30. The molecule has 0 unspecified atom stereocenters. The van der Waals surface area contributed by atoms with E-state index in [0.29, 0.717) is 16.9 Å². The number of anilines is 2. The van der Waals surface area contributed by atoms with Crippen LogP contribution in [0.15, 0.2) is 53.1 Å². The first kappa shape index (κ1) is 12.6. The number of nitrogens with one attached hydrogen (secondary N) is 1. The van der Waals surface area contributed by atoms with Crippen LogP contribution in [0.25, 0.3) is 11.0 Å². The number of halogens is 1. The average Bonchev–Trinajstić information content (AvgIpc) is 2.46. The van der Waals surface area contributed by atoms with Crippen molar-refractivity contribution in [3.8, 4) is 6.07 Å². The minimum absolute atomic E-state index is 0.469. The van der Waals surface area contributed by atoms with Gasteiger partial charge in [-0.3, -0.25) is 4.98 Å². The van der Waals surface area contributed by atoms with Gasteiger partial charge < -0.3 is 5.32 Å². The van der Waals surface area contributed by atoms with Crippen LogP contribution in [-0.2, 0) is 0 Å². The third kappa shape index (κ3) is 2.46. The average molecular weight is 325 g/mol. The molecule has 0 atom stereocenters. The molecule has 0 fully saturated rings. The van der Waals surface area contributed by atoms with Gasteiger partial charge in [0.2, 0.25) is 0 Å². The van der Waals surface area contributed by atoms with Crippen molar-refractivity contribution in [3.63, 3.8) is 0 Å². The summed E-state index contributed by atoms with van der Waals surface area (Å²) in [6.45, 7) is 0. The van der Waals surface area contributed by atoms with Crippen LogP contribution in [-0.4, -0.2) is 9.97 Å². The summed E-state index contributed by atoms with van der Waals surface area (Å²) in [5.41, 5.74) is 2.80. The third-order valence-electron chi connectivity index (χ3n) is 2.79. The number of hydrogen-bond donors (Lipinski definition) is 1. The van der Waals surface area contributed by atoms with E-state index in [1.807, 2.05) is 36.4 Å². The zero-order valence-corrected chi connectivity index (χ0v) is 11.9. The van der Waals surface area contributed by atoms with Gasteiger partial charge in [0.15, 0.2) is 0 Å². The fraction of sp³-hybridized carbons (Fsp3) is 0. The molecule has 0 radical (unpaired) electrons. The predicted molar refractivity (Wildman–Crippen MR) is 81.7 cm³/mol. The molecular weight excluding hydrogens is 316 g/mol. The summed E-state index contributed by atoms with van der Waals surface area (Å²) < 4.78 is 0.962. The Bertz CT molecular complexity index is 823. The molecule has 0 bridgehead atoms. The van der Waals surface area contributed by atoms with Crippen LogP contribution in [0.5, 0.6) is 0 Å². The molecule has 0 amide bonds. The zero-order chi connectivity index (χ0) is 13.9. The Hall–Kier alpha value is -2.45. The fourth-order valence-electron chi connectivity index (χ4n) is 1.88. The molecule has 20 heavy (non-hydrogen) atoms. The molecule has 5 heteroatoms. The lowest BCUT2D eigenvalue weighted by Crippen LogP contribution is -1.98. The van der Waals surface area contributed by atoms with E-state index in [4.69, 9.17) is 0 Å². The summed E-state index contributed by atoms with van der Waals surface area (Å²) in [5.74, 6) is 0.533. The predicted octanol–water partition coefficient (Wildman–Crippen LogP) is 4.01. The normalized spacial score (nSPS) is 10.2. The maximum absolute atomic E-state index is 9.24. The Morgan fingerprint density at radius 2 is 2.00 bits per heavy atom. The van der Waals surface area contributed by atoms with Crippen LogP contribution in [0, 0.1) is 11.3 Å². The Balaban J connectivity index is 2.08. The van der Waals surface area contributed by atoms with Gasteiger partial charge in [0.25, 0.3) is 0 Å². The summed E-state index contributed by atoms with van der Waals surface area (Å²) in [5, 5.41) is 12.4. The SMILES string of the molecule is N#Cc1cc2ncccc2nc1Nc1cccc(Br)c1. The summed E-state index contributed by atoms with van der Waals surface area (Å²) in [7, 11) is 0. The van der Waals surface area contributed by atoms with Crippen LogP contribution in [0.4, 0.5) is 11.5 Å². The molecule has 3 rings (SSSR count). The molecule has 0 aliphatic heterocycles. The van der Waals surface area contributed by atoms with E-state index >= 15 is 0 Å². The molecule has 0 saturated carbocycles. The van der Waals surface area contributed by atoms with Crippen LogP contribution in [0.3, 0.4) is 0 Å². The molecule has 1 aromatic carbocycles. The number of benzene rings is 1. The van der Waals surface area contributed by atoms with Crippen LogP contribution >= 0.6 is 15.9 Å². The lowest BCUT2D eigenvalue weighted by atomic mass is 10.2. The van der Waals surface area contributed by atoms with E-state index in [-0.39, 0.29) is 0 Å². The van der Waals surface area contributed by atoms with E-state index in [2.05, 4.69) is 37.3 Å². The van der Waals surface area contributed by atoms with E-state index in [0.717, 1.165) is 15.7 Å². The van der Waals surface area contributed by atoms with Crippen LogP contribution in [0.1, 0.15) is 5.56 Å². The highest BCUT2D eigenvalue weighted by Crippen LogP contribution is 2.23. The molecule has 3 aromatic rings. The Labute approximate surface area is 124 Å². The molecule has 2 heterocycles. The van der Waals surface area contributed by atoms with Crippen molar-refractivity contribution < 1.29 is 0 Å². The molecule has 2 aromatic heterocycles. The molecule has 0 saturated heterocycles. The maximum atomic E-state index is 9.24. The number of rotatable bonds is 2. The van der Waals surface area contributed by atoms with Gasteiger partial charge >= 0.3 is 0 Å². The van der Waals surface area contributed by atoms with E-state index in [1.54, 1.807) is 12.3 Å². The second-order valence-corrected chi connectivity index (χ2v) is 5.09. The summed E-state index contributed by atoms with van der Waals surface area (Å²) >= 11 is 3.42. The van der Waals surface area contributed by atoms with Gasteiger partial charge in [0.1, 0.15) is 11.9 Å². The van der Waals surface area contributed by atoms with Crippen molar-refractivity contribution in [1.82, 2.24) is 9.97 Å². The third-order valence-corrected chi connectivity index (χ3v) is 3.29. The van der Waals surface area contributed by atoms with Crippen molar-refractivity contribution in [2.45, 2.75) is 0 Å². The maximum Gasteiger partial charge on any atom is 0.149 e. The standard InChI is InChI=1S/C15H9BrN4/c16-11-3-1-4-12(8-11)19-15-10(9-17)7-14-13(20-15)5-2-6-18-14/h1-8H,(H,19,20). The first-order valence-corrected chi connectivity index (χ1v) is 6.74. The molecule has 0 aliphatic rings. The monoisotopic (exact) mass is 324 g/mol. The Morgan fingerprint density at radius 1 is 1.10 bits per heavy atom. The fourth-order valence-corrected chi connectivity index (χ4v) is 2.28. The summed E-state index contributed by atoms with van der Waals surface area (Å²) in [4.78, 5) is 8.66. The second-order valence-electron chi connectivity index (χ2n) is 4.17. The number of fused-ring (bicyclic) bond motifs is 1. The van der Waals surface area contributed by atoms with Gasteiger partial charge in [-0.1, -0.05) is 22.0 Å². The quantitative estimate of drug-likeness (QED) is 0.773. The Kier molecular flexibility index (Phi) is 3.32. The second kappa shape index (κ2) is 5.27. The molecule has 4 nitrogen and oxygen atoms in total. The highest BCUT2D eigenvalue weighted by atomic mass is 79.9. The molecular formula is C15H9BrN4. The van der Waals surface area contributed by atoms with E-state index < -0.39 is 0 Å². The highest BCUT2D eigenvalue weighted by Gasteiger charge is 2.07. The van der Waals surface area contributed by atoms with Crippen molar-refractivity contribution >= 4 is 38.5 Å². The van der Waals surface area contributed by atoms with Gasteiger partial charge in [-0.2, -0.15) is 5.26 Å². The topological polar surface area (TPSA) is 61.6 Å². The lowest BCUT2D eigenvalue weighted by Gasteiger charge is -2.08. The molecule has 96 valence electrons. The van der Waals surface area contributed by atoms with Gasteiger partial charge in [0, 0.05) is 16.4 Å². The zero-order valence-electron chi connectivity index (χ0n) is 10.3. The number of nitriles is 1. The van der Waals surface area contributed by atoms with Crippen LogP contribution in [0.2, 0.25) is 0 Å². The first-order chi connectivity index (χ1) is 9.76. The van der Waals surface area contributed by atoms with Crippen LogP contribution < -0.4 is 5.32 Å². The molecule has 1 N–H and O–H groups in total. The number of nitrogens with zero attached hydrogens (tertiary/aromatic N) is 3. The minimum Gasteiger partial charge on any atom is -0.339 e. The number of pyridine rings is 2. The molecule has 0 aliphatic carbocycles. The highest BCUT2D eigenvalue weighted by molar-refractivity contribution is 9.10. The van der Waals surface area contributed by atoms with Gasteiger partial charge in [-0.05, 0) is 36.4 Å². The summed E-state index contributed by atoms with van der Waals surface area (Å²) in [6.07, 6.45) is 1.69.